The summed E-state index contributed by atoms with van der Waals surface area (Å²) < 4.78 is 5.13. The Hall–Kier alpha value is -3.25. The number of benzene rings is 1. The summed E-state index contributed by atoms with van der Waals surface area (Å²) in [5, 5.41) is 3.29. The lowest BCUT2D eigenvalue weighted by molar-refractivity contribution is 0.0996. The van der Waals surface area contributed by atoms with Crippen molar-refractivity contribution in [2.75, 3.05) is 5.32 Å². The van der Waals surface area contributed by atoms with Crippen LogP contribution in [0.2, 0.25) is 0 Å². The number of furan rings is 1. The number of rotatable bonds is 4. The molecule has 0 fully saturated rings. The van der Waals surface area contributed by atoms with Crippen LogP contribution in [0.15, 0.2) is 77.5 Å². The Morgan fingerprint density at radius 2 is 1.84 bits per heavy atom. The van der Waals surface area contributed by atoms with Crippen molar-refractivity contribution in [2.24, 2.45) is 0 Å². The Labute approximate surface area is 148 Å². The first kappa shape index (κ1) is 15.3. The van der Waals surface area contributed by atoms with E-state index in [-0.39, 0.29) is 11.7 Å². The van der Waals surface area contributed by atoms with E-state index in [4.69, 9.17) is 4.42 Å². The van der Waals surface area contributed by atoms with Gasteiger partial charge in [0.1, 0.15) is 0 Å². The number of aromatic nitrogens is 2. The van der Waals surface area contributed by atoms with Crippen LogP contribution >= 0.6 is 11.3 Å². The summed E-state index contributed by atoms with van der Waals surface area (Å²) in [5.74, 6) is -0.0817. The van der Waals surface area contributed by atoms with Gasteiger partial charge < -0.3 is 4.42 Å². The fraction of sp³-hybridized carbons (Fsp3) is 0. The van der Waals surface area contributed by atoms with Gasteiger partial charge in [0.2, 0.25) is 0 Å². The van der Waals surface area contributed by atoms with Gasteiger partial charge in [0.05, 0.1) is 22.5 Å². The molecule has 0 radical (unpaired) electrons. The number of pyridine rings is 1. The maximum absolute atomic E-state index is 12.2. The van der Waals surface area contributed by atoms with Crippen molar-refractivity contribution in [1.29, 1.82) is 0 Å². The number of hydrogen-bond donors (Lipinski definition) is 1. The first-order valence-corrected chi connectivity index (χ1v) is 8.45. The third-order valence-corrected chi connectivity index (χ3v) is 4.53. The van der Waals surface area contributed by atoms with Crippen LogP contribution in [0.5, 0.6) is 0 Å². The zero-order valence-electron chi connectivity index (χ0n) is 13.0. The van der Waals surface area contributed by atoms with E-state index in [9.17, 15) is 4.79 Å². The summed E-state index contributed by atoms with van der Waals surface area (Å²) in [6.45, 7) is 0. The van der Waals surface area contributed by atoms with E-state index in [0.717, 1.165) is 21.8 Å². The number of thiazole rings is 1. The summed E-state index contributed by atoms with van der Waals surface area (Å²) >= 11 is 1.39. The molecule has 1 amide bonds. The van der Waals surface area contributed by atoms with Gasteiger partial charge in [0.25, 0.3) is 5.91 Å². The van der Waals surface area contributed by atoms with Crippen LogP contribution in [0.1, 0.15) is 10.6 Å². The first-order chi connectivity index (χ1) is 12.3. The van der Waals surface area contributed by atoms with E-state index in [1.54, 1.807) is 18.3 Å². The molecule has 0 aliphatic carbocycles. The Kier molecular flexibility index (Phi) is 4.10. The second kappa shape index (κ2) is 6.70. The van der Waals surface area contributed by atoms with Gasteiger partial charge in [-0.25, -0.2) is 4.98 Å². The zero-order chi connectivity index (χ0) is 17.1. The molecule has 1 aromatic carbocycles. The number of anilines is 1. The first-order valence-electron chi connectivity index (χ1n) is 7.64. The quantitative estimate of drug-likeness (QED) is 0.580. The van der Waals surface area contributed by atoms with Gasteiger partial charge in [-0.15, -0.1) is 0 Å². The van der Waals surface area contributed by atoms with Crippen molar-refractivity contribution in [3.05, 3.63) is 78.9 Å². The van der Waals surface area contributed by atoms with E-state index in [1.165, 1.54) is 17.6 Å². The van der Waals surface area contributed by atoms with Crippen LogP contribution in [0.25, 0.3) is 21.8 Å². The van der Waals surface area contributed by atoms with Crippen molar-refractivity contribution in [1.82, 2.24) is 9.97 Å². The SMILES string of the molecule is O=C(Nc1nc(-c2ccccc2)c(-c2ccccn2)s1)c1ccco1. The third-order valence-electron chi connectivity index (χ3n) is 3.54. The molecule has 0 bridgehead atoms. The molecule has 122 valence electrons. The summed E-state index contributed by atoms with van der Waals surface area (Å²) in [7, 11) is 0. The van der Waals surface area contributed by atoms with Gasteiger partial charge in [-0.1, -0.05) is 47.7 Å². The smallest absolute Gasteiger partial charge is 0.293 e. The molecule has 3 heterocycles. The van der Waals surface area contributed by atoms with Crippen molar-refractivity contribution >= 4 is 22.4 Å². The lowest BCUT2D eigenvalue weighted by Gasteiger charge is -2.01. The molecule has 0 saturated carbocycles. The minimum absolute atomic E-state index is 0.246. The second-order valence-electron chi connectivity index (χ2n) is 5.21. The van der Waals surface area contributed by atoms with Crippen molar-refractivity contribution < 1.29 is 9.21 Å². The average molecular weight is 347 g/mol. The second-order valence-corrected chi connectivity index (χ2v) is 6.21. The molecular weight excluding hydrogens is 334 g/mol. The van der Waals surface area contributed by atoms with Crippen LogP contribution < -0.4 is 5.32 Å². The van der Waals surface area contributed by atoms with E-state index in [1.807, 2.05) is 48.5 Å². The standard InChI is InChI=1S/C19H13N3O2S/c23-18(15-10-6-12-24-15)22-19-21-16(13-7-2-1-3-8-13)17(25-19)14-9-4-5-11-20-14/h1-12H,(H,21,22,23). The predicted molar refractivity (Wildman–Crippen MR) is 97.4 cm³/mol. The summed E-state index contributed by atoms with van der Waals surface area (Å²) in [5.41, 5.74) is 2.58. The number of carbonyl (C=O) groups is 1. The highest BCUT2D eigenvalue weighted by Gasteiger charge is 2.18. The van der Waals surface area contributed by atoms with Gasteiger partial charge in [-0.2, -0.15) is 0 Å². The van der Waals surface area contributed by atoms with E-state index in [0.29, 0.717) is 5.13 Å². The Morgan fingerprint density at radius 3 is 2.56 bits per heavy atom. The predicted octanol–water partition coefficient (Wildman–Crippen LogP) is 4.72. The monoisotopic (exact) mass is 347 g/mol. The maximum Gasteiger partial charge on any atom is 0.293 e. The zero-order valence-corrected chi connectivity index (χ0v) is 13.9. The number of nitrogens with one attached hydrogen (secondary N) is 1. The molecular formula is C19H13N3O2S. The molecule has 6 heteroatoms. The summed E-state index contributed by atoms with van der Waals surface area (Å²) in [4.78, 5) is 22.1. The molecule has 0 unspecified atom stereocenters. The normalized spacial score (nSPS) is 10.6. The maximum atomic E-state index is 12.2. The van der Waals surface area contributed by atoms with Crippen LogP contribution in [-0.4, -0.2) is 15.9 Å². The topological polar surface area (TPSA) is 68.0 Å². The number of hydrogen-bond acceptors (Lipinski definition) is 5. The van der Waals surface area contributed by atoms with E-state index in [2.05, 4.69) is 15.3 Å². The van der Waals surface area contributed by atoms with Crippen LogP contribution in [0, 0.1) is 0 Å². The lowest BCUT2D eigenvalue weighted by Crippen LogP contribution is -2.10. The van der Waals surface area contributed by atoms with Gasteiger partial charge >= 0.3 is 0 Å². The van der Waals surface area contributed by atoms with Crippen molar-refractivity contribution in [3.63, 3.8) is 0 Å². The molecule has 25 heavy (non-hydrogen) atoms. The molecule has 3 aromatic heterocycles. The fourth-order valence-corrected chi connectivity index (χ4v) is 3.36. The minimum atomic E-state index is -0.328. The molecule has 5 nitrogen and oxygen atoms in total. The Bertz CT molecular complexity index is 923. The lowest BCUT2D eigenvalue weighted by atomic mass is 10.1. The van der Waals surface area contributed by atoms with Crippen LogP contribution in [-0.2, 0) is 0 Å². The third kappa shape index (κ3) is 3.20. The summed E-state index contributed by atoms with van der Waals surface area (Å²) in [6.07, 6.45) is 3.20. The highest BCUT2D eigenvalue weighted by molar-refractivity contribution is 7.19. The van der Waals surface area contributed by atoms with Crippen LogP contribution in [0.4, 0.5) is 5.13 Å². The fourth-order valence-electron chi connectivity index (χ4n) is 2.40. The van der Waals surface area contributed by atoms with Crippen molar-refractivity contribution in [2.45, 2.75) is 0 Å². The highest BCUT2D eigenvalue weighted by atomic mass is 32.1. The summed E-state index contributed by atoms with van der Waals surface area (Å²) in [6, 6.07) is 18.8. The number of nitrogens with zero attached hydrogens (tertiary/aromatic N) is 2. The van der Waals surface area contributed by atoms with Gasteiger partial charge in [-0.3, -0.25) is 15.1 Å². The van der Waals surface area contributed by atoms with E-state index >= 15 is 0 Å². The molecule has 0 spiro atoms. The Balaban J connectivity index is 1.75. The Morgan fingerprint density at radius 1 is 1.00 bits per heavy atom. The highest BCUT2D eigenvalue weighted by Crippen LogP contribution is 2.38. The molecule has 0 aliphatic rings. The van der Waals surface area contributed by atoms with E-state index < -0.39 is 0 Å². The number of amides is 1. The molecule has 0 aliphatic heterocycles. The largest absolute Gasteiger partial charge is 0.459 e. The molecule has 0 atom stereocenters. The van der Waals surface area contributed by atoms with Crippen molar-refractivity contribution in [3.8, 4) is 21.8 Å². The number of carbonyl (C=O) groups excluding carboxylic acids is 1. The van der Waals surface area contributed by atoms with Gasteiger partial charge in [-0.05, 0) is 24.3 Å². The van der Waals surface area contributed by atoms with Gasteiger partial charge in [0.15, 0.2) is 10.9 Å². The van der Waals surface area contributed by atoms with Gasteiger partial charge in [0, 0.05) is 11.8 Å². The minimum Gasteiger partial charge on any atom is -0.459 e. The molecule has 1 N–H and O–H groups in total. The molecule has 4 aromatic rings. The van der Waals surface area contributed by atoms with Crippen LogP contribution in [0.3, 0.4) is 0 Å². The molecule has 4 rings (SSSR count). The average Bonchev–Trinajstić information content (AvgIpc) is 3.33. The molecule has 0 saturated heterocycles.